The first-order valence-electron chi connectivity index (χ1n) is 34.3. The van der Waals surface area contributed by atoms with E-state index in [1.54, 1.807) is 0 Å². The van der Waals surface area contributed by atoms with Crippen LogP contribution in [0.3, 0.4) is 0 Å². The molecule has 0 spiro atoms. The SMILES string of the molecule is CC/C=C\C/C=C\C/C=C\C/C=C\C/C=C\C/C=C\CCCCCCCCCCCCCCC(=O)OCC(COC(=O)CCCC/C=C\C/C=C\C/C=C\C/C=C\CC)OC(=O)CCCCCCCCCCC/C=C\C/C=C\CCCCC. The minimum Gasteiger partial charge on any atom is -0.462 e. The first-order valence-corrected chi connectivity index (χ1v) is 34.3. The average molecular weight is 1150 g/mol. The van der Waals surface area contributed by atoms with Gasteiger partial charge in [0.15, 0.2) is 6.10 Å². The van der Waals surface area contributed by atoms with Gasteiger partial charge in [-0.1, -0.05) is 289 Å². The summed E-state index contributed by atoms with van der Waals surface area (Å²) in [6.45, 7) is 6.36. The second-order valence-corrected chi connectivity index (χ2v) is 22.3. The van der Waals surface area contributed by atoms with Gasteiger partial charge in [-0.05, 0) is 141 Å². The molecule has 0 N–H and O–H groups in total. The van der Waals surface area contributed by atoms with Crippen LogP contribution in [0.1, 0.15) is 303 Å². The quantitative estimate of drug-likeness (QED) is 0.0261. The maximum atomic E-state index is 12.9. The van der Waals surface area contributed by atoms with Crippen molar-refractivity contribution in [3.63, 3.8) is 0 Å². The Balaban J connectivity index is 4.34. The molecule has 0 aliphatic carbocycles. The molecule has 0 heterocycles. The van der Waals surface area contributed by atoms with Crippen molar-refractivity contribution < 1.29 is 28.6 Å². The summed E-state index contributed by atoms with van der Waals surface area (Å²) in [5, 5.41) is 0. The number of hydrogen-bond donors (Lipinski definition) is 0. The van der Waals surface area contributed by atoms with Crippen molar-refractivity contribution in [2.24, 2.45) is 0 Å². The van der Waals surface area contributed by atoms with E-state index >= 15 is 0 Å². The fourth-order valence-corrected chi connectivity index (χ4v) is 9.23. The Kier molecular flexibility index (Phi) is 65.8. The van der Waals surface area contributed by atoms with E-state index in [0.717, 1.165) is 128 Å². The van der Waals surface area contributed by atoms with E-state index in [-0.39, 0.29) is 31.1 Å². The first-order chi connectivity index (χ1) is 41.0. The Morgan fingerprint density at radius 1 is 0.253 bits per heavy atom. The highest BCUT2D eigenvalue weighted by molar-refractivity contribution is 5.71. The van der Waals surface area contributed by atoms with Crippen LogP contribution in [0.5, 0.6) is 0 Å². The van der Waals surface area contributed by atoms with E-state index in [2.05, 4.69) is 167 Å². The van der Waals surface area contributed by atoms with Crippen molar-refractivity contribution in [1.29, 1.82) is 0 Å². The molecule has 0 saturated carbocycles. The topological polar surface area (TPSA) is 78.9 Å². The second-order valence-electron chi connectivity index (χ2n) is 22.3. The van der Waals surface area contributed by atoms with Crippen LogP contribution in [0.15, 0.2) is 146 Å². The molecular weight excluding hydrogens is 1020 g/mol. The fraction of sp³-hybridized carbons (Fsp3) is 0.649. The molecule has 0 aliphatic rings. The van der Waals surface area contributed by atoms with Crippen LogP contribution < -0.4 is 0 Å². The fourth-order valence-electron chi connectivity index (χ4n) is 9.23. The summed E-state index contributed by atoms with van der Waals surface area (Å²) in [4.78, 5) is 38.4. The summed E-state index contributed by atoms with van der Waals surface area (Å²) in [7, 11) is 0. The molecule has 83 heavy (non-hydrogen) atoms. The molecule has 0 bridgehead atoms. The van der Waals surface area contributed by atoms with Gasteiger partial charge in [-0.25, -0.2) is 0 Å². The Hall–Kier alpha value is -4.71. The van der Waals surface area contributed by atoms with E-state index in [0.29, 0.717) is 19.3 Å². The average Bonchev–Trinajstić information content (AvgIpc) is 3.49. The van der Waals surface area contributed by atoms with Crippen LogP contribution in [0, 0.1) is 0 Å². The van der Waals surface area contributed by atoms with Gasteiger partial charge in [0.25, 0.3) is 0 Å². The zero-order valence-electron chi connectivity index (χ0n) is 53.9. The molecule has 0 aliphatic heterocycles. The molecule has 0 saturated heterocycles. The highest BCUT2D eigenvalue weighted by Crippen LogP contribution is 2.16. The van der Waals surface area contributed by atoms with Gasteiger partial charge in [0.1, 0.15) is 13.2 Å². The number of ether oxygens (including phenoxy) is 3. The van der Waals surface area contributed by atoms with Gasteiger partial charge in [0, 0.05) is 19.3 Å². The van der Waals surface area contributed by atoms with Gasteiger partial charge in [0.2, 0.25) is 0 Å². The van der Waals surface area contributed by atoms with Crippen molar-refractivity contribution >= 4 is 17.9 Å². The van der Waals surface area contributed by atoms with E-state index in [9.17, 15) is 14.4 Å². The summed E-state index contributed by atoms with van der Waals surface area (Å²) < 4.78 is 16.9. The maximum absolute atomic E-state index is 12.9. The molecule has 0 fully saturated rings. The minimum atomic E-state index is -0.805. The number of esters is 3. The smallest absolute Gasteiger partial charge is 0.306 e. The van der Waals surface area contributed by atoms with Crippen LogP contribution in [0.4, 0.5) is 0 Å². The lowest BCUT2D eigenvalue weighted by molar-refractivity contribution is -0.167. The zero-order chi connectivity index (χ0) is 59.9. The van der Waals surface area contributed by atoms with Crippen molar-refractivity contribution in [2.45, 2.75) is 309 Å². The molecule has 6 heteroatoms. The van der Waals surface area contributed by atoms with Gasteiger partial charge in [0.05, 0.1) is 0 Å². The third-order valence-corrected chi connectivity index (χ3v) is 14.3. The summed E-state index contributed by atoms with van der Waals surface area (Å²) in [5.74, 6) is -0.942. The van der Waals surface area contributed by atoms with Crippen LogP contribution in [0.25, 0.3) is 0 Å². The first kappa shape index (κ1) is 78.3. The molecular formula is C77H126O6. The van der Waals surface area contributed by atoms with Crippen LogP contribution in [-0.4, -0.2) is 37.2 Å². The molecule has 0 aromatic rings. The van der Waals surface area contributed by atoms with Crippen molar-refractivity contribution in [3.8, 4) is 0 Å². The Bertz CT molecular complexity index is 1800. The second kappa shape index (κ2) is 69.8. The molecule has 0 rings (SSSR count). The standard InChI is InChI=1S/C77H126O6/c1-4-7-10-13-16-19-22-25-28-30-32-33-34-35-36-37-38-39-40-41-42-43-45-46-49-52-55-58-61-64-67-70-76(79)82-73-74(72-81-75(78)69-66-63-60-57-54-51-48-27-24-21-18-15-12-9-6-3)83-77(80)71-68-65-62-59-56-53-50-47-44-31-29-26-23-20-17-14-11-8-5-2/h7,9-10,12,16-21,25-29,32-33,35-36,38-39,48,54,57,74H,4-6,8,11,13-15,22-24,30-31,34,37,40-47,49-53,55-56,58-73H2,1-3H3/b10-7-,12-9-,19-16-,20-17-,21-18-,28-25-,29-26-,33-32-,36-35-,39-38-,48-27-,57-54-. The summed E-state index contributed by atoms with van der Waals surface area (Å²) in [6.07, 6.45) is 100. The van der Waals surface area contributed by atoms with E-state index in [1.165, 1.54) is 135 Å². The van der Waals surface area contributed by atoms with E-state index in [4.69, 9.17) is 14.2 Å². The van der Waals surface area contributed by atoms with Gasteiger partial charge in [-0.2, -0.15) is 0 Å². The van der Waals surface area contributed by atoms with Crippen molar-refractivity contribution in [1.82, 2.24) is 0 Å². The minimum absolute atomic E-state index is 0.0972. The zero-order valence-corrected chi connectivity index (χ0v) is 53.9. The van der Waals surface area contributed by atoms with Gasteiger partial charge in [-0.15, -0.1) is 0 Å². The van der Waals surface area contributed by atoms with E-state index in [1.807, 2.05) is 0 Å². The molecule has 470 valence electrons. The largest absolute Gasteiger partial charge is 0.462 e. The highest BCUT2D eigenvalue weighted by Gasteiger charge is 2.19. The third kappa shape index (κ3) is 68.0. The molecule has 6 nitrogen and oxygen atoms in total. The molecule has 0 radical (unpaired) electrons. The normalized spacial score (nSPS) is 13.0. The monoisotopic (exact) mass is 1150 g/mol. The number of allylic oxidation sites excluding steroid dienone is 24. The van der Waals surface area contributed by atoms with Crippen molar-refractivity contribution in [3.05, 3.63) is 146 Å². The highest BCUT2D eigenvalue weighted by atomic mass is 16.6. The number of hydrogen-bond acceptors (Lipinski definition) is 6. The van der Waals surface area contributed by atoms with Gasteiger partial charge in [-0.3, -0.25) is 14.4 Å². The lowest BCUT2D eigenvalue weighted by Gasteiger charge is -2.18. The number of unbranched alkanes of at least 4 members (excludes halogenated alkanes) is 26. The Morgan fingerprint density at radius 3 is 0.759 bits per heavy atom. The predicted octanol–water partition coefficient (Wildman–Crippen LogP) is 23.9. The molecule has 1 atom stereocenters. The summed E-state index contributed by atoms with van der Waals surface area (Å²) in [5.41, 5.74) is 0. The summed E-state index contributed by atoms with van der Waals surface area (Å²) >= 11 is 0. The molecule has 0 amide bonds. The number of carbonyl (C=O) groups excluding carboxylic acids is 3. The number of carbonyl (C=O) groups is 3. The Morgan fingerprint density at radius 2 is 0.470 bits per heavy atom. The summed E-state index contributed by atoms with van der Waals surface area (Å²) in [6, 6.07) is 0. The van der Waals surface area contributed by atoms with Crippen LogP contribution >= 0.6 is 0 Å². The lowest BCUT2D eigenvalue weighted by Crippen LogP contribution is -2.30. The number of rotatable bonds is 61. The molecule has 0 aromatic heterocycles. The van der Waals surface area contributed by atoms with Gasteiger partial charge < -0.3 is 14.2 Å². The predicted molar refractivity (Wildman–Crippen MR) is 362 cm³/mol. The molecule has 0 aromatic carbocycles. The van der Waals surface area contributed by atoms with Crippen LogP contribution in [0.2, 0.25) is 0 Å². The Labute approximate surface area is 512 Å². The van der Waals surface area contributed by atoms with Crippen molar-refractivity contribution in [2.75, 3.05) is 13.2 Å². The molecule has 1 unspecified atom stereocenters. The third-order valence-electron chi connectivity index (χ3n) is 14.3. The lowest BCUT2D eigenvalue weighted by atomic mass is 10.0. The van der Waals surface area contributed by atoms with Gasteiger partial charge >= 0.3 is 17.9 Å². The van der Waals surface area contributed by atoms with E-state index < -0.39 is 6.10 Å². The maximum Gasteiger partial charge on any atom is 0.306 e. The van der Waals surface area contributed by atoms with Crippen LogP contribution in [-0.2, 0) is 28.6 Å².